The lowest BCUT2D eigenvalue weighted by molar-refractivity contribution is -0.140. The maximum atomic E-state index is 14.9. The first-order chi connectivity index (χ1) is 24.1. The van der Waals surface area contributed by atoms with E-state index in [1.165, 1.54) is 37.3 Å². The molecule has 1 fully saturated rings. The van der Waals surface area contributed by atoms with Crippen LogP contribution in [0.3, 0.4) is 0 Å². The van der Waals surface area contributed by atoms with Crippen LogP contribution in [0.15, 0.2) is 106 Å². The van der Waals surface area contributed by atoms with Crippen LogP contribution in [0.25, 0.3) is 0 Å². The van der Waals surface area contributed by atoms with E-state index >= 15 is 0 Å². The number of aryl methyl sites for hydroxylation is 1. The van der Waals surface area contributed by atoms with Crippen LogP contribution in [0.5, 0.6) is 11.5 Å². The summed E-state index contributed by atoms with van der Waals surface area (Å²) in [5.41, 5.74) is 2.68. The Morgan fingerprint density at radius 3 is 2.22 bits per heavy atom. The fourth-order valence-corrected chi connectivity index (χ4v) is 8.14. The number of nitrogens with zero attached hydrogens (tertiary/aromatic N) is 2. The molecule has 0 spiro atoms. The summed E-state index contributed by atoms with van der Waals surface area (Å²) in [5.74, 6) is -0.192. The highest BCUT2D eigenvalue weighted by atomic mass is 79.9. The van der Waals surface area contributed by atoms with E-state index in [4.69, 9.17) is 9.47 Å². The third-order valence-corrected chi connectivity index (χ3v) is 11.3. The minimum Gasteiger partial charge on any atom is -0.497 e. The van der Waals surface area contributed by atoms with E-state index in [0.29, 0.717) is 5.75 Å². The highest BCUT2D eigenvalue weighted by Crippen LogP contribution is 2.36. The number of hydrogen-bond donors (Lipinski definition) is 1. The molecule has 0 aromatic heterocycles. The molecule has 2 amide bonds. The summed E-state index contributed by atoms with van der Waals surface area (Å²) in [6.07, 6.45) is 5.19. The highest BCUT2D eigenvalue weighted by molar-refractivity contribution is 9.10. The Labute approximate surface area is 303 Å². The van der Waals surface area contributed by atoms with E-state index in [1.54, 1.807) is 24.3 Å². The molecule has 0 bridgehead atoms. The van der Waals surface area contributed by atoms with Gasteiger partial charge in [-0.05, 0) is 67.3 Å². The Balaban J connectivity index is 1.61. The van der Waals surface area contributed by atoms with Crippen molar-refractivity contribution in [2.24, 2.45) is 0 Å². The van der Waals surface area contributed by atoms with Gasteiger partial charge in [0.15, 0.2) is 0 Å². The Morgan fingerprint density at radius 2 is 1.56 bits per heavy atom. The zero-order valence-corrected chi connectivity index (χ0v) is 31.1. The Morgan fingerprint density at radius 1 is 0.860 bits per heavy atom. The van der Waals surface area contributed by atoms with Gasteiger partial charge >= 0.3 is 0 Å². The van der Waals surface area contributed by atoms with Gasteiger partial charge in [-0.15, -0.1) is 0 Å². The van der Waals surface area contributed by atoms with Gasteiger partial charge < -0.3 is 19.7 Å². The Kier molecular flexibility index (Phi) is 12.6. The van der Waals surface area contributed by atoms with Crippen molar-refractivity contribution in [1.29, 1.82) is 0 Å². The zero-order valence-electron chi connectivity index (χ0n) is 28.7. The molecule has 1 N–H and O–H groups in total. The molecule has 50 heavy (non-hydrogen) atoms. The molecule has 11 heteroatoms. The lowest BCUT2D eigenvalue weighted by atomic mass is 9.94. The molecule has 4 aromatic carbocycles. The molecule has 0 saturated heterocycles. The second-order valence-electron chi connectivity index (χ2n) is 12.6. The van der Waals surface area contributed by atoms with Crippen LogP contribution < -0.4 is 19.1 Å². The Hall–Kier alpha value is -4.35. The zero-order chi connectivity index (χ0) is 35.7. The van der Waals surface area contributed by atoms with Gasteiger partial charge in [0.25, 0.3) is 10.0 Å². The van der Waals surface area contributed by atoms with Gasteiger partial charge in [0, 0.05) is 29.5 Å². The van der Waals surface area contributed by atoms with Crippen LogP contribution in [-0.4, -0.2) is 58.0 Å². The fourth-order valence-electron chi connectivity index (χ4n) is 6.27. The largest absolute Gasteiger partial charge is 0.497 e. The maximum absolute atomic E-state index is 14.9. The average Bonchev–Trinajstić information content (AvgIpc) is 3.12. The predicted molar refractivity (Wildman–Crippen MR) is 199 cm³/mol. The lowest BCUT2D eigenvalue weighted by Gasteiger charge is -2.35. The summed E-state index contributed by atoms with van der Waals surface area (Å²) in [6.45, 7) is 1.34. The molecular weight excluding hydrogens is 718 g/mol. The van der Waals surface area contributed by atoms with Crippen molar-refractivity contribution < 1.29 is 27.5 Å². The number of methoxy groups -OCH3 is 2. The average molecular weight is 763 g/mol. The van der Waals surface area contributed by atoms with Crippen LogP contribution in [0.4, 0.5) is 5.69 Å². The summed E-state index contributed by atoms with van der Waals surface area (Å²) in [4.78, 5) is 30.7. The van der Waals surface area contributed by atoms with E-state index in [1.807, 2.05) is 61.5 Å². The van der Waals surface area contributed by atoms with Crippen molar-refractivity contribution in [3.63, 3.8) is 0 Å². The third-order valence-electron chi connectivity index (χ3n) is 9.01. The quantitative estimate of drug-likeness (QED) is 0.148. The van der Waals surface area contributed by atoms with Crippen molar-refractivity contribution >= 4 is 43.5 Å². The number of nitrogens with one attached hydrogen (secondary N) is 1. The summed E-state index contributed by atoms with van der Waals surface area (Å²) in [6, 6.07) is 27.4. The molecule has 9 nitrogen and oxygen atoms in total. The molecule has 0 heterocycles. The van der Waals surface area contributed by atoms with Gasteiger partial charge in [-0.3, -0.25) is 13.9 Å². The smallest absolute Gasteiger partial charge is 0.264 e. The number of carbonyl (C=O) groups is 2. The van der Waals surface area contributed by atoms with E-state index < -0.39 is 28.5 Å². The maximum Gasteiger partial charge on any atom is 0.264 e. The first kappa shape index (κ1) is 36.9. The fraction of sp³-hybridized carbons (Fsp3) is 0.333. The van der Waals surface area contributed by atoms with Gasteiger partial charge in [0.05, 0.1) is 24.8 Å². The first-order valence-corrected chi connectivity index (χ1v) is 19.0. The summed E-state index contributed by atoms with van der Waals surface area (Å²) in [5, 5.41) is 3.24. The molecule has 1 atom stereocenters. The van der Waals surface area contributed by atoms with Crippen molar-refractivity contribution in [3.05, 3.63) is 118 Å². The van der Waals surface area contributed by atoms with Gasteiger partial charge in [0.2, 0.25) is 11.8 Å². The first-order valence-electron chi connectivity index (χ1n) is 16.8. The minimum absolute atomic E-state index is 0.00944. The van der Waals surface area contributed by atoms with E-state index in [0.717, 1.165) is 57.6 Å². The van der Waals surface area contributed by atoms with Gasteiger partial charge in [-0.25, -0.2) is 8.42 Å². The monoisotopic (exact) mass is 761 g/mol. The minimum atomic E-state index is -4.32. The number of amides is 2. The third kappa shape index (κ3) is 9.25. The van der Waals surface area contributed by atoms with Crippen molar-refractivity contribution in [3.8, 4) is 11.5 Å². The number of sulfonamides is 1. The summed E-state index contributed by atoms with van der Waals surface area (Å²) >= 11 is 3.54. The second-order valence-corrected chi connectivity index (χ2v) is 15.3. The van der Waals surface area contributed by atoms with Gasteiger partial charge in [-0.2, -0.15) is 0 Å². The molecule has 1 saturated carbocycles. The van der Waals surface area contributed by atoms with E-state index in [2.05, 4.69) is 21.2 Å². The van der Waals surface area contributed by atoms with E-state index in [-0.39, 0.29) is 41.2 Å². The molecule has 264 valence electrons. The summed E-state index contributed by atoms with van der Waals surface area (Å²) < 4.78 is 42.0. The molecular formula is C39H44BrN3O6S. The molecule has 1 aliphatic carbocycles. The number of ether oxygens (including phenoxy) is 2. The number of benzene rings is 4. The second kappa shape index (κ2) is 17.0. The number of hydrogen-bond acceptors (Lipinski definition) is 6. The molecule has 0 unspecified atom stereocenters. The van der Waals surface area contributed by atoms with Crippen LogP contribution in [-0.2, 0) is 32.6 Å². The normalized spacial score (nSPS) is 14.0. The predicted octanol–water partition coefficient (Wildman–Crippen LogP) is 7.06. The molecule has 5 rings (SSSR count). The Bertz CT molecular complexity index is 1860. The highest BCUT2D eigenvalue weighted by Gasteiger charge is 2.36. The number of halogens is 1. The number of carbonyl (C=O) groups excluding carboxylic acids is 2. The van der Waals surface area contributed by atoms with Crippen molar-refractivity contribution in [2.45, 2.75) is 69.0 Å². The molecule has 4 aromatic rings. The van der Waals surface area contributed by atoms with Crippen LogP contribution >= 0.6 is 15.9 Å². The molecule has 0 radical (unpaired) electrons. The van der Waals surface area contributed by atoms with Crippen LogP contribution in [0.2, 0.25) is 0 Å². The lowest BCUT2D eigenvalue weighted by Crippen LogP contribution is -2.55. The van der Waals surface area contributed by atoms with Crippen molar-refractivity contribution in [2.75, 3.05) is 25.1 Å². The summed E-state index contributed by atoms with van der Waals surface area (Å²) in [7, 11) is -1.40. The van der Waals surface area contributed by atoms with Gasteiger partial charge in [0.1, 0.15) is 24.1 Å². The van der Waals surface area contributed by atoms with Gasteiger partial charge in [-0.1, -0.05) is 95.4 Å². The van der Waals surface area contributed by atoms with E-state index in [9.17, 15) is 18.0 Å². The SMILES string of the molecule is COc1ccc(OC)c(N(CC(=O)N(Cc2cccc(Br)c2)[C@H](Cc2ccccc2)C(=O)NC2CCCCC2)S(=O)(=O)c2ccc(C)cc2)c1. The number of rotatable bonds is 14. The van der Waals surface area contributed by atoms with Crippen LogP contribution in [0, 0.1) is 6.92 Å². The molecule has 0 aliphatic heterocycles. The standard InChI is InChI=1S/C39H44BrN3O6S/c1-28-17-20-34(21-18-28)50(46,47)43(35-25-33(48-2)19-22-37(35)49-3)27-38(44)42(26-30-13-10-14-31(40)23-30)36(24-29-11-6-4-7-12-29)39(45)41-32-15-8-5-9-16-32/h4,6-7,10-14,17-23,25,32,36H,5,8-9,15-16,24,26-27H2,1-3H3,(H,41,45)/t36-/m1/s1. The topological polar surface area (TPSA) is 105 Å². The van der Waals surface area contributed by atoms with Crippen molar-refractivity contribution in [1.82, 2.24) is 10.2 Å². The number of anilines is 1. The molecule has 1 aliphatic rings. The van der Waals surface area contributed by atoms with Crippen LogP contribution in [0.1, 0.15) is 48.8 Å².